The standard InChI is InChI=1S/C41H54N4O6S/c1-39(2,3)41(48)21-27-13-10-18-44(34(27)23-41)38(47)40-22-32(40)31-20-28(51-6)15-17-29(31)36-35(25-11-8-7-9-12-25)30-16-14-26(19-33(30)45(36)24-40)37(46)42-52(49,50)43(4)5/h14-17,19-20,25,27,32,34,48H,7-13,18,21-24H2,1-6H3,(H,42,46). The summed E-state index contributed by atoms with van der Waals surface area (Å²) in [6, 6.07) is 11.8. The predicted molar refractivity (Wildman–Crippen MR) is 201 cm³/mol. The van der Waals surface area contributed by atoms with Crippen molar-refractivity contribution in [3.8, 4) is 17.0 Å². The molecule has 1 aromatic heterocycles. The van der Waals surface area contributed by atoms with Crippen LogP contribution in [0.5, 0.6) is 5.75 Å². The molecule has 11 heteroatoms. The van der Waals surface area contributed by atoms with E-state index in [9.17, 15) is 18.3 Å². The first kappa shape index (κ1) is 35.6. The van der Waals surface area contributed by atoms with Gasteiger partial charge in [-0.25, -0.2) is 4.72 Å². The fourth-order valence-corrected chi connectivity index (χ4v) is 10.9. The molecule has 52 heavy (non-hydrogen) atoms. The minimum Gasteiger partial charge on any atom is -0.497 e. The first-order valence-corrected chi connectivity index (χ1v) is 20.6. The second kappa shape index (κ2) is 12.3. The Balaban J connectivity index is 1.29. The van der Waals surface area contributed by atoms with Gasteiger partial charge in [-0.05, 0) is 104 Å². The number of rotatable bonds is 6. The van der Waals surface area contributed by atoms with E-state index in [-0.39, 0.29) is 34.8 Å². The Hall–Kier alpha value is -3.41. The minimum atomic E-state index is -3.99. The molecule has 4 fully saturated rings. The van der Waals surface area contributed by atoms with Crippen molar-refractivity contribution in [2.24, 2.45) is 16.7 Å². The van der Waals surface area contributed by atoms with Crippen molar-refractivity contribution in [1.82, 2.24) is 18.5 Å². The van der Waals surface area contributed by atoms with Gasteiger partial charge in [0, 0.05) is 61.2 Å². The average molecular weight is 731 g/mol. The molecule has 5 atom stereocenters. The molecule has 8 rings (SSSR count). The molecule has 2 N–H and O–H groups in total. The lowest BCUT2D eigenvalue weighted by Crippen LogP contribution is -2.51. The third-order valence-corrected chi connectivity index (χ3v) is 15.0. The monoisotopic (exact) mass is 730 g/mol. The first-order chi connectivity index (χ1) is 24.6. The van der Waals surface area contributed by atoms with Crippen molar-refractivity contribution in [1.29, 1.82) is 0 Å². The van der Waals surface area contributed by atoms with Crippen molar-refractivity contribution < 1.29 is 27.9 Å². The summed E-state index contributed by atoms with van der Waals surface area (Å²) >= 11 is 0. The Labute approximate surface area is 308 Å². The third-order valence-electron chi connectivity index (χ3n) is 13.6. The van der Waals surface area contributed by atoms with E-state index < -0.39 is 27.1 Å². The summed E-state index contributed by atoms with van der Waals surface area (Å²) in [4.78, 5) is 31.0. The molecule has 5 aliphatic rings. The number of methoxy groups -OCH3 is 1. The Bertz CT molecular complexity index is 2060. The maximum Gasteiger partial charge on any atom is 0.303 e. The smallest absolute Gasteiger partial charge is 0.303 e. The summed E-state index contributed by atoms with van der Waals surface area (Å²) in [5, 5.41) is 13.0. The van der Waals surface area contributed by atoms with Gasteiger partial charge in [0.25, 0.3) is 5.91 Å². The molecule has 1 saturated heterocycles. The van der Waals surface area contributed by atoms with E-state index in [0.29, 0.717) is 38.3 Å². The van der Waals surface area contributed by atoms with Gasteiger partial charge < -0.3 is 19.3 Å². The first-order valence-electron chi connectivity index (χ1n) is 19.2. The van der Waals surface area contributed by atoms with Crippen LogP contribution in [0.25, 0.3) is 22.2 Å². The van der Waals surface area contributed by atoms with Gasteiger partial charge >= 0.3 is 10.2 Å². The van der Waals surface area contributed by atoms with E-state index in [1.807, 2.05) is 18.2 Å². The number of likely N-dealkylation sites (tertiary alicyclic amines) is 1. The van der Waals surface area contributed by atoms with Gasteiger partial charge in [-0.15, -0.1) is 0 Å². The van der Waals surface area contributed by atoms with E-state index in [1.54, 1.807) is 13.2 Å². The summed E-state index contributed by atoms with van der Waals surface area (Å²) in [5.41, 5.74) is 3.91. The Morgan fingerprint density at radius 3 is 2.42 bits per heavy atom. The normalized spacial score (nSPS) is 28.8. The van der Waals surface area contributed by atoms with E-state index >= 15 is 4.79 Å². The van der Waals surface area contributed by atoms with Gasteiger partial charge in [0.15, 0.2) is 0 Å². The second-order valence-corrected chi connectivity index (χ2v) is 19.5. The van der Waals surface area contributed by atoms with Crippen LogP contribution < -0.4 is 9.46 Å². The van der Waals surface area contributed by atoms with Gasteiger partial charge in [-0.2, -0.15) is 12.7 Å². The molecule has 3 aromatic rings. The predicted octanol–water partition coefficient (Wildman–Crippen LogP) is 6.57. The summed E-state index contributed by atoms with van der Waals surface area (Å²) < 4.78 is 36.6. The summed E-state index contributed by atoms with van der Waals surface area (Å²) in [6.07, 6.45) is 9.63. The molecule has 0 spiro atoms. The number of aromatic nitrogens is 1. The fourth-order valence-electron chi connectivity index (χ4n) is 10.4. The van der Waals surface area contributed by atoms with Gasteiger partial charge in [0.2, 0.25) is 5.91 Å². The number of ether oxygens (including phenoxy) is 1. The molecule has 2 aromatic carbocycles. The van der Waals surface area contributed by atoms with Crippen LogP contribution in [0.1, 0.15) is 118 Å². The van der Waals surface area contributed by atoms with Crippen LogP contribution in [0, 0.1) is 16.7 Å². The van der Waals surface area contributed by atoms with Crippen LogP contribution in [-0.4, -0.2) is 78.5 Å². The van der Waals surface area contributed by atoms with Gasteiger partial charge in [-0.3, -0.25) is 9.59 Å². The second-order valence-electron chi connectivity index (χ2n) is 17.7. The van der Waals surface area contributed by atoms with Crippen molar-refractivity contribution in [3.63, 3.8) is 0 Å². The topological polar surface area (TPSA) is 121 Å². The van der Waals surface area contributed by atoms with Crippen molar-refractivity contribution >= 4 is 32.9 Å². The molecule has 3 saturated carbocycles. The molecule has 0 bridgehead atoms. The number of fused-ring (bicyclic) bond motifs is 8. The molecule has 3 heterocycles. The lowest BCUT2D eigenvalue weighted by atomic mass is 9.75. The van der Waals surface area contributed by atoms with Gasteiger partial charge in [0.1, 0.15) is 5.75 Å². The summed E-state index contributed by atoms with van der Waals surface area (Å²) in [5.74, 6) is 0.841. The zero-order valence-electron chi connectivity index (χ0n) is 31.5. The van der Waals surface area contributed by atoms with E-state index in [0.717, 1.165) is 76.3 Å². The highest BCUT2D eigenvalue weighted by molar-refractivity contribution is 7.87. The average Bonchev–Trinajstić information content (AvgIpc) is 3.62. The molecule has 5 unspecified atom stereocenters. The molecule has 0 radical (unpaired) electrons. The van der Waals surface area contributed by atoms with Crippen LogP contribution in [-0.2, 0) is 21.5 Å². The Morgan fingerprint density at radius 1 is 0.981 bits per heavy atom. The zero-order chi connectivity index (χ0) is 37.0. The number of piperidine rings is 1. The number of hydrogen-bond donors (Lipinski definition) is 2. The highest BCUT2D eigenvalue weighted by atomic mass is 32.2. The number of amides is 2. The number of hydrogen-bond acceptors (Lipinski definition) is 6. The molecular weight excluding hydrogens is 677 g/mol. The number of aliphatic hydroxyl groups is 1. The van der Waals surface area contributed by atoms with Crippen molar-refractivity contribution in [2.75, 3.05) is 27.7 Å². The number of benzene rings is 2. The summed E-state index contributed by atoms with van der Waals surface area (Å²) in [6.45, 7) is 7.47. The fraction of sp³-hybridized carbons (Fsp3) is 0.610. The zero-order valence-corrected chi connectivity index (χ0v) is 32.3. The Morgan fingerprint density at radius 2 is 1.73 bits per heavy atom. The maximum atomic E-state index is 15.4. The molecule has 2 aliphatic heterocycles. The number of nitrogens with zero attached hydrogens (tertiary/aromatic N) is 3. The lowest BCUT2D eigenvalue weighted by molar-refractivity contribution is -0.143. The molecule has 2 amide bonds. The van der Waals surface area contributed by atoms with E-state index in [1.165, 1.54) is 26.1 Å². The van der Waals surface area contributed by atoms with Crippen LogP contribution in [0.3, 0.4) is 0 Å². The molecule has 3 aliphatic carbocycles. The number of carbonyl (C=O) groups excluding carboxylic acids is 2. The maximum absolute atomic E-state index is 15.4. The van der Waals surface area contributed by atoms with E-state index in [2.05, 4.69) is 47.1 Å². The van der Waals surface area contributed by atoms with Crippen LogP contribution >= 0.6 is 0 Å². The van der Waals surface area contributed by atoms with E-state index in [4.69, 9.17) is 4.74 Å². The van der Waals surface area contributed by atoms with Crippen molar-refractivity contribution in [2.45, 2.75) is 115 Å². The molecular formula is C41H54N4O6S. The van der Waals surface area contributed by atoms with Crippen molar-refractivity contribution in [3.05, 3.63) is 53.1 Å². The molecule has 10 nitrogen and oxygen atoms in total. The summed E-state index contributed by atoms with van der Waals surface area (Å²) in [7, 11) is 0.460. The third kappa shape index (κ3) is 5.51. The largest absolute Gasteiger partial charge is 0.497 e. The lowest BCUT2D eigenvalue weighted by Gasteiger charge is -2.41. The number of nitrogens with one attached hydrogen (secondary N) is 1. The SMILES string of the molecule is COc1ccc2c(c1)C1CC1(C(=O)N1CCCC3CC(O)(C(C)(C)C)CC31)Cn1c-2c(C2CCCCC2)c2ccc(C(=O)NS(=O)(=O)N(C)C)cc21. The highest BCUT2D eigenvalue weighted by Crippen LogP contribution is 2.67. The Kier molecular flexibility index (Phi) is 8.43. The van der Waals surface area contributed by atoms with Gasteiger partial charge in [0.05, 0.1) is 23.8 Å². The van der Waals surface area contributed by atoms with Crippen LogP contribution in [0.4, 0.5) is 0 Å². The van der Waals surface area contributed by atoms with Gasteiger partial charge in [-0.1, -0.05) is 46.1 Å². The highest BCUT2D eigenvalue weighted by Gasteiger charge is 2.65. The van der Waals surface area contributed by atoms with Crippen LogP contribution in [0.2, 0.25) is 0 Å². The quantitative estimate of drug-likeness (QED) is 0.296. The number of carbonyl (C=O) groups is 2. The molecule has 280 valence electrons. The minimum absolute atomic E-state index is 0.000694. The van der Waals surface area contributed by atoms with Crippen LogP contribution in [0.15, 0.2) is 36.4 Å².